The van der Waals surface area contributed by atoms with Gasteiger partial charge in [0, 0.05) is 19.6 Å². The lowest BCUT2D eigenvalue weighted by molar-refractivity contribution is 0.253. The van der Waals surface area contributed by atoms with Crippen molar-refractivity contribution in [3.63, 3.8) is 0 Å². The summed E-state index contributed by atoms with van der Waals surface area (Å²) >= 11 is 0. The summed E-state index contributed by atoms with van der Waals surface area (Å²) in [5.74, 6) is 1.45. The summed E-state index contributed by atoms with van der Waals surface area (Å²) in [6.07, 6.45) is 1.70. The number of aromatic nitrogens is 4. The van der Waals surface area contributed by atoms with Gasteiger partial charge in [-0.3, -0.25) is 5.10 Å². The zero-order valence-electron chi connectivity index (χ0n) is 15.9. The average molecular weight is 388 g/mol. The molecule has 3 heterocycles. The number of aromatic amines is 1. The van der Waals surface area contributed by atoms with E-state index < -0.39 is 10.0 Å². The molecule has 144 valence electrons. The molecule has 1 aliphatic heterocycles. The molecule has 0 spiro atoms. The molecule has 27 heavy (non-hydrogen) atoms. The molecular weight excluding hydrogens is 362 g/mol. The van der Waals surface area contributed by atoms with Crippen LogP contribution in [0.2, 0.25) is 0 Å². The smallest absolute Gasteiger partial charge is 0.246 e. The molecule has 0 saturated carbocycles. The number of hydrogen-bond acceptors (Lipinski definition) is 4. The zero-order valence-corrected chi connectivity index (χ0v) is 16.8. The van der Waals surface area contributed by atoms with Crippen LogP contribution in [0.5, 0.6) is 0 Å². The highest BCUT2D eigenvalue weighted by Crippen LogP contribution is 2.28. The maximum Gasteiger partial charge on any atom is 0.246 e. The van der Waals surface area contributed by atoms with Crippen LogP contribution in [-0.2, 0) is 16.6 Å². The van der Waals surface area contributed by atoms with Crippen molar-refractivity contribution in [1.82, 2.24) is 24.1 Å². The molecule has 0 unspecified atom stereocenters. The van der Waals surface area contributed by atoms with E-state index in [1.165, 1.54) is 0 Å². The van der Waals surface area contributed by atoms with Gasteiger partial charge in [0.1, 0.15) is 10.7 Å². The highest BCUT2D eigenvalue weighted by atomic mass is 32.2. The van der Waals surface area contributed by atoms with Gasteiger partial charge in [0.25, 0.3) is 0 Å². The summed E-state index contributed by atoms with van der Waals surface area (Å²) in [7, 11) is -3.49. The number of benzene rings is 1. The van der Waals surface area contributed by atoms with Crippen molar-refractivity contribution in [2.45, 2.75) is 45.1 Å². The molecule has 4 rings (SSSR count). The van der Waals surface area contributed by atoms with Gasteiger partial charge in [0.2, 0.25) is 10.0 Å². The highest BCUT2D eigenvalue weighted by Gasteiger charge is 2.33. The van der Waals surface area contributed by atoms with Crippen molar-refractivity contribution in [2.24, 2.45) is 5.92 Å². The van der Waals surface area contributed by atoms with E-state index in [4.69, 9.17) is 0 Å². The van der Waals surface area contributed by atoms with Gasteiger partial charge in [0.15, 0.2) is 0 Å². The van der Waals surface area contributed by atoms with E-state index in [1.807, 2.05) is 25.1 Å². The van der Waals surface area contributed by atoms with Crippen molar-refractivity contribution < 1.29 is 8.42 Å². The number of piperidine rings is 1. The number of imidazole rings is 1. The third kappa shape index (κ3) is 3.17. The number of fused-ring (bicyclic) bond motifs is 1. The maximum atomic E-state index is 13.0. The second-order valence-electron chi connectivity index (χ2n) is 7.37. The molecule has 2 aromatic heterocycles. The van der Waals surface area contributed by atoms with E-state index in [1.54, 1.807) is 18.2 Å². The normalized spacial score (nSPS) is 17.0. The van der Waals surface area contributed by atoms with Gasteiger partial charge in [-0.25, -0.2) is 13.4 Å². The Morgan fingerprint density at radius 1 is 1.15 bits per heavy atom. The van der Waals surface area contributed by atoms with Gasteiger partial charge >= 0.3 is 0 Å². The van der Waals surface area contributed by atoms with E-state index in [9.17, 15) is 8.42 Å². The fourth-order valence-electron chi connectivity index (χ4n) is 4.07. The van der Waals surface area contributed by atoms with Crippen LogP contribution < -0.4 is 0 Å². The molecule has 8 heteroatoms. The minimum atomic E-state index is -3.49. The molecule has 0 atom stereocenters. The first-order chi connectivity index (χ1) is 12.9. The molecule has 0 aliphatic carbocycles. The number of rotatable bonds is 4. The van der Waals surface area contributed by atoms with Crippen LogP contribution in [-0.4, -0.2) is 45.6 Å². The first-order valence-electron chi connectivity index (χ1n) is 9.31. The second-order valence-corrected chi connectivity index (χ2v) is 9.24. The Balaban J connectivity index is 1.48. The first kappa shape index (κ1) is 18.2. The molecule has 1 aliphatic rings. The summed E-state index contributed by atoms with van der Waals surface area (Å²) in [6, 6.07) is 8.16. The van der Waals surface area contributed by atoms with Crippen molar-refractivity contribution in [3.05, 3.63) is 41.5 Å². The van der Waals surface area contributed by atoms with E-state index >= 15 is 0 Å². The topological polar surface area (TPSA) is 83.9 Å². The van der Waals surface area contributed by atoms with E-state index in [0.717, 1.165) is 36.2 Å². The summed E-state index contributed by atoms with van der Waals surface area (Å²) in [6.45, 7) is 7.49. The lowest BCUT2D eigenvalue weighted by atomic mass is 9.98. The maximum absolute atomic E-state index is 13.0. The molecular formula is C19H25N5O2S. The van der Waals surface area contributed by atoms with Crippen LogP contribution in [0.25, 0.3) is 11.0 Å². The number of nitrogens with one attached hydrogen (secondary N) is 1. The van der Waals surface area contributed by atoms with Crippen molar-refractivity contribution in [1.29, 1.82) is 0 Å². The van der Waals surface area contributed by atoms with Gasteiger partial charge in [-0.15, -0.1) is 0 Å². The first-order valence-corrected chi connectivity index (χ1v) is 10.8. The number of hydrogen-bond donors (Lipinski definition) is 1. The SMILES string of the molecule is Cc1n[nH]c(C)c1S(=O)(=O)N1CCC(Cn2c(C)nc3ccccc32)CC1. The van der Waals surface area contributed by atoms with Gasteiger partial charge in [-0.1, -0.05) is 12.1 Å². The second kappa shape index (κ2) is 6.76. The Morgan fingerprint density at radius 3 is 2.52 bits per heavy atom. The number of para-hydroxylation sites is 2. The van der Waals surface area contributed by atoms with Gasteiger partial charge < -0.3 is 4.57 Å². The minimum Gasteiger partial charge on any atom is -0.328 e. The Bertz CT molecular complexity index is 1060. The summed E-state index contributed by atoms with van der Waals surface area (Å²) in [5, 5.41) is 6.82. The summed E-state index contributed by atoms with van der Waals surface area (Å²) < 4.78 is 29.8. The monoisotopic (exact) mass is 387 g/mol. The minimum absolute atomic E-state index is 0.331. The van der Waals surface area contributed by atoms with Crippen molar-refractivity contribution >= 4 is 21.1 Å². The van der Waals surface area contributed by atoms with Gasteiger partial charge in [-0.2, -0.15) is 9.40 Å². The summed E-state index contributed by atoms with van der Waals surface area (Å²) in [4.78, 5) is 4.96. The molecule has 0 radical (unpaired) electrons. The number of nitrogens with zero attached hydrogens (tertiary/aromatic N) is 4. The van der Waals surface area contributed by atoms with Gasteiger partial charge in [-0.05, 0) is 51.7 Å². The molecule has 0 bridgehead atoms. The van der Waals surface area contributed by atoms with Crippen LogP contribution in [0.1, 0.15) is 30.1 Å². The van der Waals surface area contributed by atoms with Crippen LogP contribution in [0, 0.1) is 26.7 Å². The molecule has 1 aromatic carbocycles. The third-order valence-electron chi connectivity index (χ3n) is 5.52. The standard InChI is InChI=1S/C19H25N5O2S/c1-13-19(14(2)22-21-13)27(25,26)23-10-8-16(9-11-23)12-24-15(3)20-17-6-4-5-7-18(17)24/h4-7,16H,8-12H2,1-3H3,(H,21,22). The quantitative estimate of drug-likeness (QED) is 0.746. The van der Waals surface area contributed by atoms with Crippen LogP contribution in [0.3, 0.4) is 0 Å². The Hall–Kier alpha value is -2.19. The predicted octanol–water partition coefficient (Wildman–Crippen LogP) is 2.79. The van der Waals surface area contributed by atoms with Gasteiger partial charge in [0.05, 0.1) is 22.4 Å². The Kier molecular flexibility index (Phi) is 4.55. The van der Waals surface area contributed by atoms with Crippen molar-refractivity contribution in [2.75, 3.05) is 13.1 Å². The lowest BCUT2D eigenvalue weighted by Crippen LogP contribution is -2.39. The number of aryl methyl sites for hydroxylation is 3. The molecule has 3 aromatic rings. The van der Waals surface area contributed by atoms with Crippen LogP contribution in [0.15, 0.2) is 29.2 Å². The number of H-pyrrole nitrogens is 1. The lowest BCUT2D eigenvalue weighted by Gasteiger charge is -2.31. The average Bonchev–Trinajstić information content (AvgIpc) is 3.15. The van der Waals surface area contributed by atoms with E-state index in [-0.39, 0.29) is 0 Å². The fraction of sp³-hybridized carbons (Fsp3) is 0.474. The predicted molar refractivity (Wildman–Crippen MR) is 104 cm³/mol. The Morgan fingerprint density at radius 2 is 1.85 bits per heavy atom. The molecule has 1 saturated heterocycles. The van der Waals surface area contributed by atoms with E-state index in [0.29, 0.717) is 35.3 Å². The van der Waals surface area contributed by atoms with Crippen LogP contribution >= 0.6 is 0 Å². The molecule has 1 fully saturated rings. The Labute approximate surface area is 159 Å². The van der Waals surface area contributed by atoms with Crippen LogP contribution in [0.4, 0.5) is 0 Å². The fourth-order valence-corrected chi connectivity index (χ4v) is 5.87. The van der Waals surface area contributed by atoms with E-state index in [2.05, 4.69) is 25.8 Å². The molecule has 0 amide bonds. The molecule has 1 N–H and O–H groups in total. The summed E-state index contributed by atoms with van der Waals surface area (Å²) in [5.41, 5.74) is 3.31. The zero-order chi connectivity index (χ0) is 19.2. The van der Waals surface area contributed by atoms with Crippen molar-refractivity contribution in [3.8, 4) is 0 Å². The third-order valence-corrected chi connectivity index (χ3v) is 7.68. The molecule has 7 nitrogen and oxygen atoms in total. The number of sulfonamides is 1. The largest absolute Gasteiger partial charge is 0.328 e. The highest BCUT2D eigenvalue weighted by molar-refractivity contribution is 7.89.